The third-order valence-corrected chi connectivity index (χ3v) is 5.24. The smallest absolute Gasteiger partial charge is 0.215 e. The monoisotopic (exact) mass is 343 g/mol. The van der Waals surface area contributed by atoms with Gasteiger partial charge in [-0.3, -0.25) is 0 Å². The van der Waals surface area contributed by atoms with Gasteiger partial charge in [0.15, 0.2) is 0 Å². The zero-order valence-corrected chi connectivity index (χ0v) is 14.3. The van der Waals surface area contributed by atoms with Crippen LogP contribution in [-0.4, -0.2) is 28.1 Å². The molecular weight excluding hydrogens is 322 g/mol. The van der Waals surface area contributed by atoms with Crippen molar-refractivity contribution in [2.24, 2.45) is 5.41 Å². The summed E-state index contributed by atoms with van der Waals surface area (Å²) < 4.78 is 27.1. The van der Waals surface area contributed by atoms with Crippen molar-refractivity contribution in [3.05, 3.63) is 35.4 Å². The summed E-state index contributed by atoms with van der Waals surface area (Å²) in [5, 5.41) is 12.1. The Labute approximate surface area is 138 Å². The minimum Gasteiger partial charge on any atom is -0.317 e. The van der Waals surface area contributed by atoms with Gasteiger partial charge in [-0.1, -0.05) is 19.1 Å². The molecule has 2 rings (SSSR count). The quantitative estimate of drug-likeness (QED) is 0.854. The first kappa shape index (κ1) is 18.9. The Balaban J connectivity index is 0.00000242. The zero-order chi connectivity index (χ0) is 15.3. The maximum atomic E-state index is 12.2. The van der Waals surface area contributed by atoms with E-state index in [1.54, 1.807) is 24.3 Å². The molecule has 0 amide bonds. The maximum absolute atomic E-state index is 12.2. The second kappa shape index (κ2) is 7.93. The molecule has 1 fully saturated rings. The molecule has 0 aliphatic carbocycles. The molecule has 0 saturated carbocycles. The average molecular weight is 344 g/mol. The predicted octanol–water partition coefficient (Wildman–Crippen LogP) is 1.79. The normalized spacial score (nSPS) is 17.3. The number of nitrogens with one attached hydrogen (secondary N) is 2. The van der Waals surface area contributed by atoms with Crippen LogP contribution in [0.1, 0.15) is 30.9 Å². The second-order valence-electron chi connectivity index (χ2n) is 5.95. The van der Waals surface area contributed by atoms with Gasteiger partial charge in [0, 0.05) is 6.54 Å². The van der Waals surface area contributed by atoms with Crippen molar-refractivity contribution in [1.82, 2.24) is 10.0 Å². The third-order valence-electron chi connectivity index (χ3n) is 3.94. The standard InChI is InChI=1S/C15H21N3O2S.ClH/c1-15(5-7-17-8-6-15)12-18-21(19,20)11-14-4-2-3-13(9-14)10-16;/h2-4,9,17-18H,5-8,11-12H2,1H3;1H. The first-order chi connectivity index (χ1) is 9.92. The Morgan fingerprint density at radius 2 is 2.05 bits per heavy atom. The fourth-order valence-corrected chi connectivity index (χ4v) is 3.78. The van der Waals surface area contributed by atoms with E-state index < -0.39 is 10.0 Å². The first-order valence-corrected chi connectivity index (χ1v) is 8.75. The summed E-state index contributed by atoms with van der Waals surface area (Å²) >= 11 is 0. The van der Waals surface area contributed by atoms with Gasteiger partial charge >= 0.3 is 0 Å². The largest absolute Gasteiger partial charge is 0.317 e. The Kier molecular flexibility index (Phi) is 6.82. The van der Waals surface area contributed by atoms with E-state index in [1.165, 1.54) is 0 Å². The van der Waals surface area contributed by atoms with Gasteiger partial charge in [-0.05, 0) is 49.0 Å². The summed E-state index contributed by atoms with van der Waals surface area (Å²) in [5.41, 5.74) is 1.14. The number of halogens is 1. The van der Waals surface area contributed by atoms with Gasteiger partial charge in [-0.2, -0.15) is 5.26 Å². The van der Waals surface area contributed by atoms with Crippen molar-refractivity contribution in [1.29, 1.82) is 5.26 Å². The van der Waals surface area contributed by atoms with E-state index in [9.17, 15) is 8.42 Å². The molecule has 1 saturated heterocycles. The summed E-state index contributed by atoms with van der Waals surface area (Å²) in [6.07, 6.45) is 1.94. The number of piperidine rings is 1. The lowest BCUT2D eigenvalue weighted by Crippen LogP contribution is -2.43. The SMILES string of the molecule is CC1(CNS(=O)(=O)Cc2cccc(C#N)c2)CCNCC1.Cl. The van der Waals surface area contributed by atoms with Crippen molar-refractivity contribution in [2.45, 2.75) is 25.5 Å². The average Bonchev–Trinajstić information content (AvgIpc) is 2.46. The fraction of sp³-hybridized carbons (Fsp3) is 0.533. The maximum Gasteiger partial charge on any atom is 0.215 e. The van der Waals surface area contributed by atoms with Gasteiger partial charge in [0.1, 0.15) is 0 Å². The molecule has 1 aromatic rings. The second-order valence-corrected chi connectivity index (χ2v) is 7.76. The van der Waals surface area contributed by atoms with Crippen LogP contribution in [0.15, 0.2) is 24.3 Å². The number of benzene rings is 1. The van der Waals surface area contributed by atoms with E-state index in [4.69, 9.17) is 5.26 Å². The number of hydrogen-bond acceptors (Lipinski definition) is 4. The van der Waals surface area contributed by atoms with Crippen LogP contribution in [0.25, 0.3) is 0 Å². The van der Waals surface area contributed by atoms with E-state index in [0.29, 0.717) is 17.7 Å². The Hall–Kier alpha value is -1.13. The highest BCUT2D eigenvalue weighted by molar-refractivity contribution is 7.88. The highest BCUT2D eigenvalue weighted by atomic mass is 35.5. The van der Waals surface area contributed by atoms with Crippen LogP contribution >= 0.6 is 12.4 Å². The highest BCUT2D eigenvalue weighted by Crippen LogP contribution is 2.27. The Morgan fingerprint density at radius 3 is 2.68 bits per heavy atom. The summed E-state index contributed by atoms with van der Waals surface area (Å²) in [4.78, 5) is 0. The van der Waals surface area contributed by atoms with Crippen molar-refractivity contribution >= 4 is 22.4 Å². The van der Waals surface area contributed by atoms with Gasteiger partial charge < -0.3 is 5.32 Å². The number of sulfonamides is 1. The molecule has 1 aliphatic rings. The van der Waals surface area contributed by atoms with E-state index in [2.05, 4.69) is 17.0 Å². The lowest BCUT2D eigenvalue weighted by molar-refractivity contribution is 0.232. The Bertz CT molecular complexity index is 634. The molecule has 5 nitrogen and oxygen atoms in total. The Morgan fingerprint density at radius 1 is 1.36 bits per heavy atom. The molecule has 0 spiro atoms. The number of hydrogen-bond donors (Lipinski definition) is 2. The molecule has 0 aromatic heterocycles. The van der Waals surface area contributed by atoms with E-state index in [1.807, 2.05) is 6.07 Å². The van der Waals surface area contributed by atoms with Gasteiger partial charge in [-0.15, -0.1) is 12.4 Å². The summed E-state index contributed by atoms with van der Waals surface area (Å²) in [7, 11) is -3.38. The van der Waals surface area contributed by atoms with Crippen LogP contribution in [0, 0.1) is 16.7 Å². The third kappa shape index (κ3) is 5.58. The van der Waals surface area contributed by atoms with Crippen LogP contribution in [-0.2, 0) is 15.8 Å². The van der Waals surface area contributed by atoms with E-state index in [-0.39, 0.29) is 23.6 Å². The molecule has 0 atom stereocenters. The van der Waals surface area contributed by atoms with Crippen LogP contribution in [0.5, 0.6) is 0 Å². The first-order valence-electron chi connectivity index (χ1n) is 7.10. The van der Waals surface area contributed by atoms with Crippen LogP contribution in [0.4, 0.5) is 0 Å². The van der Waals surface area contributed by atoms with Crippen molar-refractivity contribution < 1.29 is 8.42 Å². The van der Waals surface area contributed by atoms with Crippen molar-refractivity contribution in [3.8, 4) is 6.07 Å². The summed E-state index contributed by atoms with van der Waals surface area (Å²) in [5.74, 6) is -0.0865. The molecule has 7 heteroatoms. The summed E-state index contributed by atoms with van der Waals surface area (Å²) in [6, 6.07) is 8.74. The van der Waals surface area contributed by atoms with Crippen LogP contribution in [0.2, 0.25) is 0 Å². The molecular formula is C15H22ClN3O2S. The molecule has 0 bridgehead atoms. The van der Waals surface area contributed by atoms with Crippen LogP contribution in [0.3, 0.4) is 0 Å². The number of nitrogens with zero attached hydrogens (tertiary/aromatic N) is 1. The number of nitriles is 1. The van der Waals surface area contributed by atoms with Gasteiger partial charge in [-0.25, -0.2) is 13.1 Å². The zero-order valence-electron chi connectivity index (χ0n) is 12.6. The molecule has 2 N–H and O–H groups in total. The molecule has 1 aliphatic heterocycles. The lowest BCUT2D eigenvalue weighted by atomic mass is 9.81. The van der Waals surface area contributed by atoms with E-state index >= 15 is 0 Å². The molecule has 122 valence electrons. The molecule has 0 radical (unpaired) electrons. The van der Waals surface area contributed by atoms with Crippen molar-refractivity contribution in [2.75, 3.05) is 19.6 Å². The summed E-state index contributed by atoms with van der Waals surface area (Å²) in [6.45, 7) is 4.45. The predicted molar refractivity (Wildman–Crippen MR) is 89.2 cm³/mol. The minimum absolute atomic E-state index is 0. The van der Waals surface area contributed by atoms with Gasteiger partial charge in [0.2, 0.25) is 10.0 Å². The molecule has 0 unspecified atom stereocenters. The lowest BCUT2D eigenvalue weighted by Gasteiger charge is -2.34. The molecule has 1 heterocycles. The fourth-order valence-electron chi connectivity index (χ4n) is 2.49. The van der Waals surface area contributed by atoms with Gasteiger partial charge in [0.05, 0.1) is 17.4 Å². The van der Waals surface area contributed by atoms with E-state index in [0.717, 1.165) is 25.9 Å². The van der Waals surface area contributed by atoms with Crippen molar-refractivity contribution in [3.63, 3.8) is 0 Å². The molecule has 1 aromatic carbocycles. The van der Waals surface area contributed by atoms with Crippen LogP contribution < -0.4 is 10.0 Å². The topological polar surface area (TPSA) is 82.0 Å². The molecule has 22 heavy (non-hydrogen) atoms. The highest BCUT2D eigenvalue weighted by Gasteiger charge is 2.28. The number of rotatable bonds is 5. The van der Waals surface area contributed by atoms with Gasteiger partial charge in [0.25, 0.3) is 0 Å². The minimum atomic E-state index is -3.38.